The summed E-state index contributed by atoms with van der Waals surface area (Å²) in [6.07, 6.45) is 0.399. The van der Waals surface area contributed by atoms with Gasteiger partial charge in [0.05, 0.1) is 0 Å². The third-order valence-corrected chi connectivity index (χ3v) is 2.58. The van der Waals surface area contributed by atoms with Crippen molar-refractivity contribution in [3.63, 3.8) is 0 Å². The van der Waals surface area contributed by atoms with E-state index in [-0.39, 0.29) is 11.9 Å². The number of hydrogen-bond donors (Lipinski definition) is 3. The monoisotopic (exact) mass is 280 g/mol. The molecule has 6 heteroatoms. The summed E-state index contributed by atoms with van der Waals surface area (Å²) in [5.41, 5.74) is 7.20. The van der Waals surface area contributed by atoms with Crippen LogP contribution >= 0.6 is 12.2 Å². The molecule has 0 aliphatic rings. The van der Waals surface area contributed by atoms with Gasteiger partial charge in [0, 0.05) is 30.3 Å². The van der Waals surface area contributed by atoms with E-state index in [1.807, 2.05) is 26.8 Å². The standard InChI is InChI=1S/C13H20N4OS/c1-8(2)16-12(18)4-5-15-11-7-10(13(14)19)6-9(3)17-11/h6-8H,4-5H2,1-3H3,(H2,14,19)(H,15,17)(H,16,18). The van der Waals surface area contributed by atoms with E-state index in [2.05, 4.69) is 15.6 Å². The summed E-state index contributed by atoms with van der Waals surface area (Å²) in [6, 6.07) is 3.78. The van der Waals surface area contributed by atoms with Gasteiger partial charge >= 0.3 is 0 Å². The Balaban J connectivity index is 2.54. The molecule has 0 atom stereocenters. The van der Waals surface area contributed by atoms with Crippen LogP contribution in [0.2, 0.25) is 0 Å². The van der Waals surface area contributed by atoms with Crippen molar-refractivity contribution in [2.75, 3.05) is 11.9 Å². The molecule has 0 unspecified atom stereocenters. The Morgan fingerprint density at radius 3 is 2.74 bits per heavy atom. The van der Waals surface area contributed by atoms with Crippen LogP contribution in [0.1, 0.15) is 31.5 Å². The number of hydrogen-bond acceptors (Lipinski definition) is 4. The fourth-order valence-electron chi connectivity index (χ4n) is 1.60. The van der Waals surface area contributed by atoms with E-state index < -0.39 is 0 Å². The number of anilines is 1. The third-order valence-electron chi connectivity index (χ3n) is 2.35. The minimum atomic E-state index is 0.0183. The van der Waals surface area contributed by atoms with Gasteiger partial charge in [-0.05, 0) is 32.9 Å². The summed E-state index contributed by atoms with van der Waals surface area (Å²) in [6.45, 7) is 6.26. The number of aryl methyl sites for hydroxylation is 1. The Labute approximate surface area is 119 Å². The topological polar surface area (TPSA) is 80.0 Å². The normalized spacial score (nSPS) is 10.3. The number of thiocarbonyl (C=S) groups is 1. The van der Waals surface area contributed by atoms with Gasteiger partial charge in [0.25, 0.3) is 0 Å². The second-order valence-corrected chi connectivity index (χ2v) is 5.09. The van der Waals surface area contributed by atoms with Crippen LogP contribution in [0.15, 0.2) is 12.1 Å². The average Bonchev–Trinajstić information content (AvgIpc) is 2.27. The number of carbonyl (C=O) groups is 1. The van der Waals surface area contributed by atoms with E-state index >= 15 is 0 Å². The van der Waals surface area contributed by atoms with Gasteiger partial charge in [0.15, 0.2) is 0 Å². The number of pyridine rings is 1. The summed E-state index contributed by atoms with van der Waals surface area (Å²) >= 11 is 4.94. The zero-order chi connectivity index (χ0) is 14.4. The van der Waals surface area contributed by atoms with Crippen LogP contribution in [0, 0.1) is 6.92 Å². The summed E-state index contributed by atoms with van der Waals surface area (Å²) in [4.78, 5) is 16.1. The molecule has 1 aromatic rings. The molecule has 0 saturated heterocycles. The summed E-state index contributed by atoms with van der Waals surface area (Å²) in [7, 11) is 0. The number of amides is 1. The highest BCUT2D eigenvalue weighted by molar-refractivity contribution is 7.80. The number of rotatable bonds is 6. The molecule has 0 aliphatic heterocycles. The van der Waals surface area contributed by atoms with Crippen LogP contribution in [-0.2, 0) is 4.79 Å². The number of nitrogens with one attached hydrogen (secondary N) is 2. The lowest BCUT2D eigenvalue weighted by atomic mass is 10.2. The van der Waals surface area contributed by atoms with E-state index in [9.17, 15) is 4.79 Å². The van der Waals surface area contributed by atoms with Crippen molar-refractivity contribution < 1.29 is 4.79 Å². The van der Waals surface area contributed by atoms with Crippen LogP contribution in [0.4, 0.5) is 5.82 Å². The molecule has 4 N–H and O–H groups in total. The lowest BCUT2D eigenvalue weighted by molar-refractivity contribution is -0.121. The first kappa shape index (κ1) is 15.4. The Morgan fingerprint density at radius 2 is 2.16 bits per heavy atom. The maximum atomic E-state index is 11.5. The van der Waals surface area contributed by atoms with Gasteiger partial charge in [0.1, 0.15) is 10.8 Å². The zero-order valence-electron chi connectivity index (χ0n) is 11.5. The molecule has 0 saturated carbocycles. The van der Waals surface area contributed by atoms with E-state index in [0.717, 1.165) is 11.3 Å². The van der Waals surface area contributed by atoms with Crippen LogP contribution in [0.5, 0.6) is 0 Å². The van der Waals surface area contributed by atoms with E-state index in [4.69, 9.17) is 18.0 Å². The van der Waals surface area contributed by atoms with Crippen LogP contribution in [-0.4, -0.2) is 28.5 Å². The van der Waals surface area contributed by atoms with Crippen molar-refractivity contribution in [3.05, 3.63) is 23.4 Å². The molecule has 1 amide bonds. The Bertz CT molecular complexity index is 474. The fraction of sp³-hybridized carbons (Fsp3) is 0.462. The Morgan fingerprint density at radius 1 is 1.47 bits per heavy atom. The van der Waals surface area contributed by atoms with Crippen LogP contribution in [0.25, 0.3) is 0 Å². The van der Waals surface area contributed by atoms with Crippen molar-refractivity contribution in [2.24, 2.45) is 5.73 Å². The van der Waals surface area contributed by atoms with Crippen LogP contribution < -0.4 is 16.4 Å². The van der Waals surface area contributed by atoms with Gasteiger partial charge in [0.2, 0.25) is 5.91 Å². The van der Waals surface area contributed by atoms with Gasteiger partial charge < -0.3 is 16.4 Å². The first-order valence-corrected chi connectivity index (χ1v) is 6.61. The van der Waals surface area contributed by atoms with E-state index in [1.54, 1.807) is 6.07 Å². The molecule has 1 rings (SSSR count). The predicted molar refractivity (Wildman–Crippen MR) is 81.2 cm³/mol. The van der Waals surface area contributed by atoms with E-state index in [1.165, 1.54) is 0 Å². The molecule has 1 heterocycles. The number of nitrogens with zero attached hydrogens (tertiary/aromatic N) is 1. The molecular formula is C13H20N4OS. The SMILES string of the molecule is Cc1cc(C(N)=S)cc(NCCC(=O)NC(C)C)n1. The highest BCUT2D eigenvalue weighted by Gasteiger charge is 2.05. The summed E-state index contributed by atoms with van der Waals surface area (Å²) in [5.74, 6) is 0.699. The average molecular weight is 280 g/mol. The van der Waals surface area contributed by atoms with Gasteiger partial charge in [-0.1, -0.05) is 12.2 Å². The maximum Gasteiger partial charge on any atom is 0.221 e. The molecule has 0 bridgehead atoms. The largest absolute Gasteiger partial charge is 0.389 e. The zero-order valence-corrected chi connectivity index (χ0v) is 12.3. The molecule has 0 radical (unpaired) electrons. The molecule has 1 aromatic heterocycles. The smallest absolute Gasteiger partial charge is 0.221 e. The first-order chi connectivity index (χ1) is 8.88. The van der Waals surface area contributed by atoms with Gasteiger partial charge in [-0.15, -0.1) is 0 Å². The number of nitrogens with two attached hydrogens (primary N) is 1. The van der Waals surface area contributed by atoms with E-state index in [0.29, 0.717) is 23.8 Å². The van der Waals surface area contributed by atoms with Crippen molar-refractivity contribution in [3.8, 4) is 0 Å². The first-order valence-electron chi connectivity index (χ1n) is 6.20. The van der Waals surface area contributed by atoms with Crippen molar-refractivity contribution in [2.45, 2.75) is 33.2 Å². The molecule has 0 aliphatic carbocycles. The molecule has 0 aromatic carbocycles. The molecular weight excluding hydrogens is 260 g/mol. The molecule has 0 spiro atoms. The lowest BCUT2D eigenvalue weighted by Crippen LogP contribution is -2.31. The highest BCUT2D eigenvalue weighted by atomic mass is 32.1. The lowest BCUT2D eigenvalue weighted by Gasteiger charge is -2.10. The molecule has 5 nitrogen and oxygen atoms in total. The second kappa shape index (κ2) is 7.04. The molecule has 104 valence electrons. The summed E-state index contributed by atoms with van der Waals surface area (Å²) < 4.78 is 0. The highest BCUT2D eigenvalue weighted by Crippen LogP contribution is 2.10. The quantitative estimate of drug-likeness (QED) is 0.685. The second-order valence-electron chi connectivity index (χ2n) is 4.65. The van der Waals surface area contributed by atoms with Crippen LogP contribution in [0.3, 0.4) is 0 Å². The minimum absolute atomic E-state index is 0.0183. The minimum Gasteiger partial charge on any atom is -0.389 e. The molecule has 0 fully saturated rings. The Hall–Kier alpha value is -1.69. The summed E-state index contributed by atoms with van der Waals surface area (Å²) in [5, 5.41) is 5.93. The maximum absolute atomic E-state index is 11.5. The Kier molecular flexibility index (Phi) is 5.69. The molecule has 19 heavy (non-hydrogen) atoms. The van der Waals surface area contributed by atoms with Crippen molar-refractivity contribution in [1.82, 2.24) is 10.3 Å². The van der Waals surface area contributed by atoms with Gasteiger partial charge in [-0.2, -0.15) is 0 Å². The van der Waals surface area contributed by atoms with Gasteiger partial charge in [-0.3, -0.25) is 4.79 Å². The van der Waals surface area contributed by atoms with Crippen molar-refractivity contribution >= 4 is 28.9 Å². The third kappa shape index (κ3) is 5.65. The predicted octanol–water partition coefficient (Wildman–Crippen LogP) is 1.35. The number of aromatic nitrogens is 1. The number of carbonyl (C=O) groups excluding carboxylic acids is 1. The fourth-order valence-corrected chi connectivity index (χ4v) is 1.72. The van der Waals surface area contributed by atoms with Gasteiger partial charge in [-0.25, -0.2) is 4.98 Å². The van der Waals surface area contributed by atoms with Crippen molar-refractivity contribution in [1.29, 1.82) is 0 Å².